The molecule has 0 radical (unpaired) electrons. The summed E-state index contributed by atoms with van der Waals surface area (Å²) in [4.78, 5) is 71.9. The van der Waals surface area contributed by atoms with Gasteiger partial charge < -0.3 is 33.8 Å². The fraction of sp³-hybridized carbons (Fsp3) is 0.937. The lowest BCUT2D eigenvalue weighted by atomic mass is 10.0. The van der Waals surface area contributed by atoms with Crippen molar-refractivity contribution in [3.05, 3.63) is 0 Å². The third-order valence-electron chi connectivity index (χ3n) is 14.6. The van der Waals surface area contributed by atoms with Crippen LogP contribution in [0.15, 0.2) is 0 Å². The first kappa shape index (κ1) is 80.1. The molecule has 0 aromatic heterocycles. The Bertz CT molecular complexity index is 1590. The third kappa shape index (κ3) is 57.2. The normalized spacial score (nSPS) is 14.2. The first-order chi connectivity index (χ1) is 39.7. The smallest absolute Gasteiger partial charge is 0.462 e. The molecule has 0 aromatic rings. The first-order valence-electron chi connectivity index (χ1n) is 33.3. The van der Waals surface area contributed by atoms with Gasteiger partial charge >= 0.3 is 39.5 Å². The van der Waals surface area contributed by atoms with E-state index in [1.54, 1.807) is 0 Å². The number of esters is 4. The Morgan fingerprint density at radius 3 is 0.720 bits per heavy atom. The third-order valence-corrected chi connectivity index (χ3v) is 16.5. The summed E-state index contributed by atoms with van der Waals surface area (Å²) in [6, 6.07) is 0. The lowest BCUT2D eigenvalue weighted by molar-refractivity contribution is -0.161. The van der Waals surface area contributed by atoms with Crippen LogP contribution in [0.1, 0.15) is 323 Å². The van der Waals surface area contributed by atoms with Gasteiger partial charge in [0.1, 0.15) is 19.3 Å². The molecule has 0 fully saturated rings. The van der Waals surface area contributed by atoms with Crippen molar-refractivity contribution in [2.45, 2.75) is 341 Å². The van der Waals surface area contributed by atoms with Crippen LogP contribution in [0.25, 0.3) is 0 Å². The molecule has 17 nitrogen and oxygen atoms in total. The Hall–Kier alpha value is -1.94. The molecule has 3 N–H and O–H groups in total. The molecular formula is C63H122O17P2. The fourth-order valence-electron chi connectivity index (χ4n) is 9.46. The molecule has 0 spiro atoms. The van der Waals surface area contributed by atoms with E-state index in [1.165, 1.54) is 148 Å². The molecule has 0 saturated heterocycles. The number of phosphoric ester groups is 2. The van der Waals surface area contributed by atoms with Crippen LogP contribution in [-0.2, 0) is 65.4 Å². The van der Waals surface area contributed by atoms with Gasteiger partial charge in [-0.3, -0.25) is 37.3 Å². The molecule has 0 saturated carbocycles. The van der Waals surface area contributed by atoms with E-state index in [0.29, 0.717) is 25.7 Å². The van der Waals surface area contributed by atoms with Gasteiger partial charge in [0, 0.05) is 25.7 Å². The standard InChI is InChI=1S/C63H122O17P2/c1-5-9-13-17-20-23-26-27-28-29-32-35-38-42-46-50-63(68)80-59(54-74-61(66)48-44-40-36-33-30-24-21-18-14-10-6-2)56-78-82(71,72)76-52-57(64)51-75-81(69,70)77-55-58(53-73-60(65)47-43-39-16-12-8-4)79-62(67)49-45-41-37-34-31-25-22-19-15-11-7-3/h57-59,64H,5-56H2,1-4H3,(H,69,70)(H,71,72)/t57-,58+,59+/m0/s1. The van der Waals surface area contributed by atoms with Gasteiger partial charge in [-0.2, -0.15) is 0 Å². The maximum absolute atomic E-state index is 13.0. The first-order valence-corrected chi connectivity index (χ1v) is 36.3. The largest absolute Gasteiger partial charge is 0.472 e. The highest BCUT2D eigenvalue weighted by Gasteiger charge is 2.30. The second kappa shape index (κ2) is 58.1. The summed E-state index contributed by atoms with van der Waals surface area (Å²) in [6.45, 7) is 4.80. The molecule has 5 atom stereocenters. The maximum Gasteiger partial charge on any atom is 0.472 e. The number of hydrogen-bond donors (Lipinski definition) is 3. The van der Waals surface area contributed by atoms with Crippen LogP contribution in [0, 0.1) is 0 Å². The molecule has 0 heterocycles. The molecule has 0 amide bonds. The number of ether oxygens (including phenoxy) is 4. The van der Waals surface area contributed by atoms with E-state index in [2.05, 4.69) is 27.7 Å². The predicted octanol–water partition coefficient (Wildman–Crippen LogP) is 17.5. The van der Waals surface area contributed by atoms with Crippen molar-refractivity contribution >= 4 is 39.5 Å². The van der Waals surface area contributed by atoms with E-state index >= 15 is 0 Å². The van der Waals surface area contributed by atoms with Crippen LogP contribution in [0.2, 0.25) is 0 Å². The Morgan fingerprint density at radius 1 is 0.293 bits per heavy atom. The number of rotatable bonds is 64. The zero-order valence-electron chi connectivity index (χ0n) is 52.5. The number of carbonyl (C=O) groups is 4. The van der Waals surface area contributed by atoms with Gasteiger partial charge in [-0.1, -0.05) is 272 Å². The topological polar surface area (TPSA) is 237 Å². The van der Waals surface area contributed by atoms with Crippen molar-refractivity contribution in [2.75, 3.05) is 39.6 Å². The SMILES string of the molecule is CCCCCCCCCCCCCCCCCC(=O)O[C@H](COC(=O)CCCCCCCCCCCCC)COP(=O)(O)OC[C@@H](O)COP(=O)(O)OC[C@@H](COC(=O)CCCCCCC)OC(=O)CCCCCCCCCCCCC. The lowest BCUT2D eigenvalue weighted by Crippen LogP contribution is -2.30. The predicted molar refractivity (Wildman–Crippen MR) is 326 cm³/mol. The second-order valence-corrected chi connectivity index (χ2v) is 25.7. The van der Waals surface area contributed by atoms with E-state index in [0.717, 1.165) is 96.3 Å². The number of aliphatic hydroxyl groups excluding tert-OH is 1. The van der Waals surface area contributed by atoms with Crippen molar-refractivity contribution in [1.82, 2.24) is 0 Å². The van der Waals surface area contributed by atoms with E-state index in [4.69, 9.17) is 37.0 Å². The summed E-state index contributed by atoms with van der Waals surface area (Å²) >= 11 is 0. The van der Waals surface area contributed by atoms with Crippen molar-refractivity contribution in [3.8, 4) is 0 Å². The molecule has 486 valence electrons. The summed E-state index contributed by atoms with van der Waals surface area (Å²) in [7, 11) is -9.87. The monoisotopic (exact) mass is 1210 g/mol. The summed E-state index contributed by atoms with van der Waals surface area (Å²) in [5.41, 5.74) is 0. The van der Waals surface area contributed by atoms with Gasteiger partial charge in [0.05, 0.1) is 26.4 Å². The number of aliphatic hydroxyl groups is 1. The molecule has 0 rings (SSSR count). The zero-order valence-corrected chi connectivity index (χ0v) is 54.2. The molecule has 82 heavy (non-hydrogen) atoms. The molecule has 0 aliphatic rings. The van der Waals surface area contributed by atoms with E-state index in [9.17, 15) is 43.2 Å². The Kier molecular flexibility index (Phi) is 56.7. The molecule has 2 unspecified atom stereocenters. The highest BCUT2D eigenvalue weighted by atomic mass is 31.2. The molecule has 19 heteroatoms. The van der Waals surface area contributed by atoms with Gasteiger partial charge in [-0.05, 0) is 25.7 Å². The van der Waals surface area contributed by atoms with Crippen molar-refractivity contribution in [2.24, 2.45) is 0 Å². The van der Waals surface area contributed by atoms with Gasteiger partial charge in [0.15, 0.2) is 12.2 Å². The van der Waals surface area contributed by atoms with Crippen molar-refractivity contribution in [3.63, 3.8) is 0 Å². The second-order valence-electron chi connectivity index (χ2n) is 22.8. The number of unbranched alkanes of at least 4 members (excludes halogenated alkanes) is 38. The summed E-state index contributed by atoms with van der Waals surface area (Å²) in [6.07, 6.45) is 43.3. The summed E-state index contributed by atoms with van der Waals surface area (Å²) in [5.74, 6) is -2.14. The van der Waals surface area contributed by atoms with Crippen LogP contribution < -0.4 is 0 Å². The Morgan fingerprint density at radius 2 is 0.488 bits per heavy atom. The van der Waals surface area contributed by atoms with Gasteiger partial charge in [-0.15, -0.1) is 0 Å². The van der Waals surface area contributed by atoms with Crippen LogP contribution in [-0.4, -0.2) is 96.7 Å². The maximum atomic E-state index is 13.0. The van der Waals surface area contributed by atoms with Crippen molar-refractivity contribution in [1.29, 1.82) is 0 Å². The minimum atomic E-state index is -4.94. The molecule has 0 aliphatic heterocycles. The fourth-order valence-corrected chi connectivity index (χ4v) is 11.0. The van der Waals surface area contributed by atoms with Gasteiger partial charge in [0.2, 0.25) is 0 Å². The zero-order chi connectivity index (χ0) is 60.5. The molecular weight excluding hydrogens is 1090 g/mol. The lowest BCUT2D eigenvalue weighted by Gasteiger charge is -2.21. The Labute approximate surface area is 498 Å². The number of phosphoric acid groups is 2. The minimum absolute atomic E-state index is 0.106. The van der Waals surface area contributed by atoms with Gasteiger partial charge in [-0.25, -0.2) is 9.13 Å². The summed E-state index contributed by atoms with van der Waals surface area (Å²) < 4.78 is 67.8. The van der Waals surface area contributed by atoms with Gasteiger partial charge in [0.25, 0.3) is 0 Å². The molecule has 0 aromatic carbocycles. The summed E-state index contributed by atoms with van der Waals surface area (Å²) in [5, 5.41) is 10.5. The molecule has 0 aliphatic carbocycles. The average Bonchev–Trinajstić information content (AvgIpc) is 3.45. The van der Waals surface area contributed by atoms with Crippen LogP contribution in [0.5, 0.6) is 0 Å². The minimum Gasteiger partial charge on any atom is -0.462 e. The van der Waals surface area contributed by atoms with E-state index in [1.807, 2.05) is 0 Å². The average molecular weight is 1210 g/mol. The van der Waals surface area contributed by atoms with Crippen LogP contribution >= 0.6 is 15.6 Å². The number of carbonyl (C=O) groups excluding carboxylic acids is 4. The van der Waals surface area contributed by atoms with Crippen molar-refractivity contribution < 1.29 is 80.2 Å². The highest BCUT2D eigenvalue weighted by Crippen LogP contribution is 2.45. The quantitative estimate of drug-likeness (QED) is 0.0222. The van der Waals surface area contributed by atoms with E-state index < -0.39 is 97.5 Å². The number of hydrogen-bond acceptors (Lipinski definition) is 15. The molecule has 0 bridgehead atoms. The van der Waals surface area contributed by atoms with E-state index in [-0.39, 0.29) is 25.7 Å². The highest BCUT2D eigenvalue weighted by molar-refractivity contribution is 7.47. The Balaban J connectivity index is 5.16. The van der Waals surface area contributed by atoms with Crippen LogP contribution in [0.4, 0.5) is 0 Å². The van der Waals surface area contributed by atoms with Crippen LogP contribution in [0.3, 0.4) is 0 Å².